The Balaban J connectivity index is 1.25. The topological polar surface area (TPSA) is 67.4 Å². The molecule has 0 bridgehead atoms. The van der Waals surface area contributed by atoms with Crippen LogP contribution in [0.15, 0.2) is 72.8 Å². The molecule has 0 atom stereocenters. The zero-order valence-electron chi connectivity index (χ0n) is 17.9. The van der Waals surface area contributed by atoms with Crippen molar-refractivity contribution in [2.75, 3.05) is 18.5 Å². The third kappa shape index (κ3) is 4.98. The fraction of sp³-hybridized carbons (Fsp3) is 0.185. The number of fused-ring (bicyclic) bond motifs is 3. The summed E-state index contributed by atoms with van der Waals surface area (Å²) < 4.78 is 5.52. The molecule has 160 valence electrons. The second kappa shape index (κ2) is 9.84. The van der Waals surface area contributed by atoms with Crippen LogP contribution in [0.5, 0.6) is 0 Å². The van der Waals surface area contributed by atoms with Crippen LogP contribution in [-0.4, -0.2) is 25.2 Å². The Bertz CT molecular complexity index is 1140. The Labute approximate surface area is 187 Å². The molecule has 0 aromatic heterocycles. The molecular formula is C27H24N2O3. The summed E-state index contributed by atoms with van der Waals surface area (Å²) in [6.07, 6.45) is 0.0748. The number of carbonyl (C=O) groups is 2. The van der Waals surface area contributed by atoms with Crippen molar-refractivity contribution in [3.8, 4) is 23.0 Å². The summed E-state index contributed by atoms with van der Waals surface area (Å²) in [6.45, 7) is 2.18. The molecule has 1 aliphatic carbocycles. The van der Waals surface area contributed by atoms with Gasteiger partial charge in [-0.3, -0.25) is 4.79 Å². The van der Waals surface area contributed by atoms with Crippen LogP contribution in [0.3, 0.4) is 0 Å². The largest absolute Gasteiger partial charge is 0.449 e. The first-order valence-electron chi connectivity index (χ1n) is 10.6. The van der Waals surface area contributed by atoms with Crippen LogP contribution in [0.4, 0.5) is 10.5 Å². The van der Waals surface area contributed by atoms with Crippen LogP contribution in [0.25, 0.3) is 11.1 Å². The predicted octanol–water partition coefficient (Wildman–Crippen LogP) is 4.93. The number of amides is 2. The average Bonchev–Trinajstić information content (AvgIpc) is 3.12. The van der Waals surface area contributed by atoms with Crippen molar-refractivity contribution in [1.82, 2.24) is 5.32 Å². The summed E-state index contributed by atoms with van der Waals surface area (Å²) in [5, 5.41) is 5.48. The van der Waals surface area contributed by atoms with Gasteiger partial charge in [-0.2, -0.15) is 0 Å². The van der Waals surface area contributed by atoms with Crippen molar-refractivity contribution in [3.63, 3.8) is 0 Å². The Morgan fingerprint density at radius 2 is 1.53 bits per heavy atom. The van der Waals surface area contributed by atoms with Gasteiger partial charge in [-0.05, 0) is 46.5 Å². The summed E-state index contributed by atoms with van der Waals surface area (Å²) in [5.41, 5.74) is 6.38. The van der Waals surface area contributed by atoms with E-state index in [1.54, 1.807) is 12.1 Å². The number of carbonyl (C=O) groups excluding carboxylic acids is 2. The van der Waals surface area contributed by atoms with Gasteiger partial charge in [0.25, 0.3) is 0 Å². The maximum absolute atomic E-state index is 12.2. The Morgan fingerprint density at radius 3 is 2.16 bits per heavy atom. The van der Waals surface area contributed by atoms with E-state index in [0.29, 0.717) is 19.6 Å². The van der Waals surface area contributed by atoms with E-state index in [1.165, 1.54) is 29.2 Å². The summed E-state index contributed by atoms with van der Waals surface area (Å²) in [5.74, 6) is 6.02. The lowest BCUT2D eigenvalue weighted by atomic mass is 9.98. The Hall–Kier alpha value is -4.04. The van der Waals surface area contributed by atoms with Crippen LogP contribution in [0, 0.1) is 11.8 Å². The second-order valence-corrected chi connectivity index (χ2v) is 7.56. The second-order valence-electron chi connectivity index (χ2n) is 7.56. The van der Waals surface area contributed by atoms with Gasteiger partial charge in [-0.15, -0.1) is 0 Å². The van der Waals surface area contributed by atoms with Crippen LogP contribution >= 0.6 is 0 Å². The van der Waals surface area contributed by atoms with Gasteiger partial charge in [0.15, 0.2) is 0 Å². The van der Waals surface area contributed by atoms with Gasteiger partial charge >= 0.3 is 6.09 Å². The smallest absolute Gasteiger partial charge is 0.407 e. The Morgan fingerprint density at radius 1 is 0.906 bits per heavy atom. The average molecular weight is 425 g/mol. The van der Waals surface area contributed by atoms with Crippen molar-refractivity contribution in [2.24, 2.45) is 0 Å². The van der Waals surface area contributed by atoms with E-state index >= 15 is 0 Å². The van der Waals surface area contributed by atoms with Crippen molar-refractivity contribution < 1.29 is 14.3 Å². The molecule has 0 spiro atoms. The molecule has 3 aromatic rings. The maximum atomic E-state index is 12.2. The van der Waals surface area contributed by atoms with Crippen LogP contribution in [-0.2, 0) is 9.53 Å². The van der Waals surface area contributed by atoms with Crippen molar-refractivity contribution in [2.45, 2.75) is 19.3 Å². The molecule has 5 heteroatoms. The van der Waals surface area contributed by atoms with E-state index in [9.17, 15) is 9.59 Å². The third-order valence-corrected chi connectivity index (χ3v) is 5.30. The number of ether oxygens (including phenoxy) is 1. The number of hydrogen-bond acceptors (Lipinski definition) is 3. The first-order valence-corrected chi connectivity index (χ1v) is 10.6. The van der Waals surface area contributed by atoms with E-state index in [4.69, 9.17) is 4.74 Å². The highest BCUT2D eigenvalue weighted by Gasteiger charge is 2.28. The highest BCUT2D eigenvalue weighted by molar-refractivity contribution is 5.88. The molecule has 0 saturated carbocycles. The number of nitrogens with one attached hydrogen (secondary N) is 2. The molecule has 2 N–H and O–H groups in total. The normalized spacial score (nSPS) is 11.5. The molecule has 0 radical (unpaired) electrons. The van der Waals surface area contributed by atoms with Gasteiger partial charge in [0.2, 0.25) is 5.91 Å². The van der Waals surface area contributed by atoms with E-state index in [-0.39, 0.29) is 11.8 Å². The van der Waals surface area contributed by atoms with Gasteiger partial charge in [0.05, 0.1) is 0 Å². The fourth-order valence-corrected chi connectivity index (χ4v) is 3.88. The van der Waals surface area contributed by atoms with Gasteiger partial charge in [-0.25, -0.2) is 4.79 Å². The summed E-state index contributed by atoms with van der Waals surface area (Å²) in [6, 6.07) is 23.8. The third-order valence-electron chi connectivity index (χ3n) is 5.30. The van der Waals surface area contributed by atoms with Gasteiger partial charge < -0.3 is 15.4 Å². The van der Waals surface area contributed by atoms with Crippen LogP contribution < -0.4 is 10.6 Å². The molecule has 0 heterocycles. The van der Waals surface area contributed by atoms with Gasteiger partial charge in [-0.1, -0.05) is 60.4 Å². The highest BCUT2D eigenvalue weighted by Crippen LogP contribution is 2.44. The molecule has 3 aromatic carbocycles. The quantitative estimate of drug-likeness (QED) is 0.451. The fourth-order valence-electron chi connectivity index (χ4n) is 3.88. The van der Waals surface area contributed by atoms with Gasteiger partial charge in [0.1, 0.15) is 6.61 Å². The van der Waals surface area contributed by atoms with E-state index < -0.39 is 6.09 Å². The molecular weight excluding hydrogens is 400 g/mol. The molecule has 4 rings (SSSR count). The molecule has 2 amide bonds. The lowest BCUT2D eigenvalue weighted by Gasteiger charge is -2.14. The summed E-state index contributed by atoms with van der Waals surface area (Å²) in [4.78, 5) is 23.2. The molecule has 1 aliphatic rings. The molecule has 32 heavy (non-hydrogen) atoms. The van der Waals surface area contributed by atoms with Crippen molar-refractivity contribution >= 4 is 17.7 Å². The molecule has 0 saturated heterocycles. The maximum Gasteiger partial charge on any atom is 0.407 e. The zero-order chi connectivity index (χ0) is 22.3. The molecule has 0 fully saturated rings. The Kier molecular flexibility index (Phi) is 6.52. The predicted molar refractivity (Wildman–Crippen MR) is 125 cm³/mol. The minimum absolute atomic E-state index is 0.0494. The highest BCUT2D eigenvalue weighted by atomic mass is 16.5. The summed E-state index contributed by atoms with van der Waals surface area (Å²) in [7, 11) is 0. The van der Waals surface area contributed by atoms with Gasteiger partial charge in [0, 0.05) is 37.1 Å². The zero-order valence-corrected chi connectivity index (χ0v) is 17.9. The molecule has 5 nitrogen and oxygen atoms in total. The minimum Gasteiger partial charge on any atom is -0.449 e. The minimum atomic E-state index is -0.437. The monoisotopic (exact) mass is 424 g/mol. The lowest BCUT2D eigenvalue weighted by molar-refractivity contribution is -0.114. The SMILES string of the molecule is CC(=O)Nc1ccc(C#CCCNC(=O)OCC2c3ccccc3-c3ccccc32)cc1. The number of anilines is 1. The number of rotatable bonds is 5. The van der Waals surface area contributed by atoms with Crippen LogP contribution in [0.1, 0.15) is 36.0 Å². The lowest BCUT2D eigenvalue weighted by Crippen LogP contribution is -2.26. The van der Waals surface area contributed by atoms with E-state index in [0.717, 1.165) is 11.3 Å². The van der Waals surface area contributed by atoms with Crippen molar-refractivity contribution in [1.29, 1.82) is 0 Å². The van der Waals surface area contributed by atoms with E-state index in [1.807, 2.05) is 36.4 Å². The van der Waals surface area contributed by atoms with E-state index in [2.05, 4.69) is 46.7 Å². The first-order chi connectivity index (χ1) is 15.6. The molecule has 0 aliphatic heterocycles. The molecule has 0 unspecified atom stereocenters. The number of hydrogen-bond donors (Lipinski definition) is 2. The number of alkyl carbamates (subject to hydrolysis) is 1. The first kappa shape index (κ1) is 21.2. The number of benzene rings is 3. The summed E-state index contributed by atoms with van der Waals surface area (Å²) >= 11 is 0. The van der Waals surface area contributed by atoms with Crippen molar-refractivity contribution in [3.05, 3.63) is 89.5 Å². The van der Waals surface area contributed by atoms with Crippen LogP contribution in [0.2, 0.25) is 0 Å². The standard InChI is InChI=1S/C27H24N2O3/c1-19(30)29-21-15-13-20(14-16-21)8-6-7-17-28-27(31)32-18-26-24-11-4-2-9-22(24)23-10-3-5-12-25(23)26/h2-5,9-16,26H,7,17-18H2,1H3,(H,28,31)(H,29,30).